The lowest BCUT2D eigenvalue weighted by molar-refractivity contribution is -0.361. The maximum absolute atomic E-state index is 9.94. The van der Waals surface area contributed by atoms with Crippen molar-refractivity contribution >= 4 is 0 Å². The Morgan fingerprint density at radius 3 is 1.74 bits per heavy atom. The molecule has 0 amide bonds. The van der Waals surface area contributed by atoms with E-state index in [0.29, 0.717) is 0 Å². The van der Waals surface area contributed by atoms with E-state index >= 15 is 0 Å². The van der Waals surface area contributed by atoms with Crippen LogP contribution < -0.4 is 0 Å². The van der Waals surface area contributed by atoms with E-state index in [1.54, 1.807) is 0 Å². The van der Waals surface area contributed by atoms with Gasteiger partial charge in [-0.15, -0.1) is 0 Å². The molecular formula is C12H22O11. The van der Waals surface area contributed by atoms with E-state index in [9.17, 15) is 30.6 Å². The van der Waals surface area contributed by atoms with Crippen LogP contribution in [0.2, 0.25) is 0 Å². The fourth-order valence-corrected chi connectivity index (χ4v) is 2.55. The second kappa shape index (κ2) is 7.63. The van der Waals surface area contributed by atoms with E-state index in [2.05, 4.69) is 0 Å². The number of aliphatic hydroxyl groups is 8. The Labute approximate surface area is 130 Å². The molecule has 0 aromatic heterocycles. The third-order valence-corrected chi connectivity index (χ3v) is 3.98. The van der Waals surface area contributed by atoms with Gasteiger partial charge >= 0.3 is 0 Å². The van der Waals surface area contributed by atoms with Crippen molar-refractivity contribution in [1.82, 2.24) is 0 Å². The first-order valence-corrected chi connectivity index (χ1v) is 7.08. The van der Waals surface area contributed by atoms with Gasteiger partial charge in [0.05, 0.1) is 13.2 Å². The molecule has 136 valence electrons. The van der Waals surface area contributed by atoms with Crippen LogP contribution in [0, 0.1) is 0 Å². The minimum Gasteiger partial charge on any atom is -0.394 e. The largest absolute Gasteiger partial charge is 0.394 e. The molecule has 8 N–H and O–H groups in total. The summed E-state index contributed by atoms with van der Waals surface area (Å²) >= 11 is 0. The van der Waals surface area contributed by atoms with Crippen LogP contribution >= 0.6 is 0 Å². The van der Waals surface area contributed by atoms with Crippen molar-refractivity contribution in [3.8, 4) is 0 Å². The highest BCUT2D eigenvalue weighted by Gasteiger charge is 2.50. The molecule has 2 saturated heterocycles. The summed E-state index contributed by atoms with van der Waals surface area (Å²) in [5, 5.41) is 76.7. The van der Waals surface area contributed by atoms with Crippen LogP contribution in [0.4, 0.5) is 0 Å². The van der Waals surface area contributed by atoms with Crippen LogP contribution in [0.15, 0.2) is 0 Å². The van der Waals surface area contributed by atoms with Gasteiger partial charge in [-0.25, -0.2) is 0 Å². The summed E-state index contributed by atoms with van der Waals surface area (Å²) < 4.78 is 15.1. The van der Waals surface area contributed by atoms with Crippen molar-refractivity contribution in [1.29, 1.82) is 0 Å². The molecule has 0 saturated carbocycles. The summed E-state index contributed by atoms with van der Waals surface area (Å²) in [7, 11) is 0. The van der Waals surface area contributed by atoms with Gasteiger partial charge in [-0.05, 0) is 0 Å². The predicted octanol–water partition coefficient (Wildman–Crippen LogP) is -5.40. The van der Waals surface area contributed by atoms with Crippen LogP contribution in [0.25, 0.3) is 0 Å². The zero-order valence-corrected chi connectivity index (χ0v) is 12.0. The molecule has 23 heavy (non-hydrogen) atoms. The lowest BCUT2D eigenvalue weighted by Gasteiger charge is -2.44. The zero-order chi connectivity index (χ0) is 17.3. The van der Waals surface area contributed by atoms with Gasteiger partial charge in [0.2, 0.25) is 0 Å². The average molecular weight is 342 g/mol. The standard InChI is InChI=1S/C12H22O11/c13-1-3-6(16)8(18)10(11(20)21-3)23-12-9(19)7(17)5(15)4(2-14)22-12/h3-20H,1-2H2/t3-,4-,5+,6+,7+,8+,9-,10-,11-,12?/m1/s1. The summed E-state index contributed by atoms with van der Waals surface area (Å²) in [4.78, 5) is 0. The van der Waals surface area contributed by atoms with Gasteiger partial charge in [0.25, 0.3) is 0 Å². The molecule has 2 fully saturated rings. The quantitative estimate of drug-likeness (QED) is 0.243. The first kappa shape index (κ1) is 18.9. The van der Waals surface area contributed by atoms with Gasteiger partial charge in [-0.1, -0.05) is 0 Å². The summed E-state index contributed by atoms with van der Waals surface area (Å²) in [6.07, 6.45) is -15.6. The number of aliphatic hydroxyl groups excluding tert-OH is 8. The molecule has 0 aromatic carbocycles. The van der Waals surface area contributed by atoms with Crippen LogP contribution in [-0.2, 0) is 14.2 Å². The first-order chi connectivity index (χ1) is 10.8. The Morgan fingerprint density at radius 1 is 0.652 bits per heavy atom. The lowest BCUT2D eigenvalue weighted by atomic mass is 9.97. The highest BCUT2D eigenvalue weighted by atomic mass is 16.7. The van der Waals surface area contributed by atoms with Gasteiger partial charge in [0, 0.05) is 0 Å². The summed E-state index contributed by atoms with van der Waals surface area (Å²) in [5.74, 6) is 0. The number of ether oxygens (including phenoxy) is 3. The number of hydrogen-bond acceptors (Lipinski definition) is 11. The smallest absolute Gasteiger partial charge is 0.187 e. The van der Waals surface area contributed by atoms with Crippen LogP contribution in [0.5, 0.6) is 0 Å². The Bertz CT molecular complexity index is 380. The maximum Gasteiger partial charge on any atom is 0.187 e. The lowest BCUT2D eigenvalue weighted by Crippen LogP contribution is -2.64. The average Bonchev–Trinajstić information content (AvgIpc) is 2.54. The van der Waals surface area contributed by atoms with Gasteiger partial charge in [-0.2, -0.15) is 0 Å². The van der Waals surface area contributed by atoms with E-state index in [4.69, 9.17) is 24.4 Å². The molecular weight excluding hydrogens is 320 g/mol. The molecule has 11 nitrogen and oxygen atoms in total. The first-order valence-electron chi connectivity index (χ1n) is 7.08. The van der Waals surface area contributed by atoms with Crippen molar-refractivity contribution in [3.05, 3.63) is 0 Å². The molecule has 2 aliphatic rings. The zero-order valence-electron chi connectivity index (χ0n) is 12.0. The number of rotatable bonds is 4. The fraction of sp³-hybridized carbons (Fsp3) is 1.00. The fourth-order valence-electron chi connectivity index (χ4n) is 2.55. The number of hydrogen-bond donors (Lipinski definition) is 8. The van der Waals surface area contributed by atoms with E-state index in [0.717, 1.165) is 0 Å². The van der Waals surface area contributed by atoms with E-state index in [1.807, 2.05) is 0 Å². The Hall–Kier alpha value is -0.440. The summed E-state index contributed by atoms with van der Waals surface area (Å²) in [5.41, 5.74) is 0. The third kappa shape index (κ3) is 3.65. The Morgan fingerprint density at radius 2 is 1.17 bits per heavy atom. The molecule has 2 rings (SSSR count). The van der Waals surface area contributed by atoms with Crippen molar-refractivity contribution in [2.75, 3.05) is 13.2 Å². The van der Waals surface area contributed by atoms with Crippen molar-refractivity contribution in [3.63, 3.8) is 0 Å². The van der Waals surface area contributed by atoms with Crippen molar-refractivity contribution < 1.29 is 55.1 Å². The molecule has 2 aliphatic heterocycles. The predicted molar refractivity (Wildman–Crippen MR) is 68.6 cm³/mol. The molecule has 0 aromatic rings. The molecule has 11 heteroatoms. The van der Waals surface area contributed by atoms with E-state index in [-0.39, 0.29) is 0 Å². The van der Waals surface area contributed by atoms with E-state index < -0.39 is 74.6 Å². The SMILES string of the molecule is OC[C@H]1O[C@@H](O)[C@H](OC2O[C@H](CO)[C@H](O)[C@H](O)[C@H]2O)[C@@H](O)[C@H]1O. The molecule has 0 radical (unpaired) electrons. The van der Waals surface area contributed by atoms with Crippen molar-refractivity contribution in [2.45, 2.75) is 61.4 Å². The highest BCUT2D eigenvalue weighted by Crippen LogP contribution is 2.28. The molecule has 0 spiro atoms. The molecule has 2 heterocycles. The second-order valence-corrected chi connectivity index (χ2v) is 5.53. The molecule has 0 aliphatic carbocycles. The van der Waals surface area contributed by atoms with Gasteiger partial charge in [-0.3, -0.25) is 0 Å². The Balaban J connectivity index is 2.08. The van der Waals surface area contributed by atoms with Gasteiger partial charge in [0.15, 0.2) is 12.6 Å². The minimum atomic E-state index is -1.75. The molecule has 1 unspecified atom stereocenters. The third-order valence-electron chi connectivity index (χ3n) is 3.98. The monoisotopic (exact) mass is 342 g/mol. The Kier molecular flexibility index (Phi) is 6.27. The van der Waals surface area contributed by atoms with Crippen LogP contribution in [0.3, 0.4) is 0 Å². The topological polar surface area (TPSA) is 190 Å². The minimum absolute atomic E-state index is 0.651. The van der Waals surface area contributed by atoms with Crippen molar-refractivity contribution in [2.24, 2.45) is 0 Å². The summed E-state index contributed by atoms with van der Waals surface area (Å²) in [6.45, 7) is -1.33. The maximum atomic E-state index is 9.94. The molecule has 10 atom stereocenters. The van der Waals surface area contributed by atoms with Crippen LogP contribution in [-0.4, -0.2) is 115 Å². The van der Waals surface area contributed by atoms with Gasteiger partial charge < -0.3 is 55.1 Å². The highest BCUT2D eigenvalue weighted by molar-refractivity contribution is 4.93. The van der Waals surface area contributed by atoms with Crippen LogP contribution in [0.1, 0.15) is 0 Å². The van der Waals surface area contributed by atoms with Gasteiger partial charge in [0.1, 0.15) is 48.8 Å². The summed E-state index contributed by atoms with van der Waals surface area (Å²) in [6, 6.07) is 0. The second-order valence-electron chi connectivity index (χ2n) is 5.53. The molecule has 0 bridgehead atoms. The van der Waals surface area contributed by atoms with E-state index in [1.165, 1.54) is 0 Å². The normalized spacial score (nSPS) is 51.7.